The van der Waals surface area contributed by atoms with Crippen LogP contribution in [0, 0.1) is 5.92 Å². The fraction of sp³-hybridized carbons (Fsp3) is 0.500. The molecule has 104 valence electrons. The summed E-state index contributed by atoms with van der Waals surface area (Å²) in [6.45, 7) is 4.60. The zero-order chi connectivity index (χ0) is 13.7. The highest BCUT2D eigenvalue weighted by Crippen LogP contribution is 2.19. The molecule has 0 spiro atoms. The van der Waals surface area contributed by atoms with Gasteiger partial charge in [0.25, 0.3) is 0 Å². The molecule has 1 aliphatic rings. The molecule has 1 heterocycles. The Morgan fingerprint density at radius 3 is 3.00 bits per heavy atom. The zero-order valence-electron chi connectivity index (χ0n) is 11.2. The van der Waals surface area contributed by atoms with Crippen molar-refractivity contribution in [1.29, 1.82) is 0 Å². The van der Waals surface area contributed by atoms with Gasteiger partial charge in [-0.3, -0.25) is 0 Å². The first-order valence-electron chi connectivity index (χ1n) is 6.60. The number of rotatable bonds is 5. The van der Waals surface area contributed by atoms with Gasteiger partial charge in [-0.25, -0.2) is 0 Å². The van der Waals surface area contributed by atoms with Gasteiger partial charge in [0.05, 0.1) is 6.10 Å². The second-order valence-corrected chi connectivity index (χ2v) is 4.90. The molecular formula is C14H21N3O2. The highest BCUT2D eigenvalue weighted by Gasteiger charge is 2.23. The van der Waals surface area contributed by atoms with Crippen molar-refractivity contribution >= 4 is 5.84 Å². The van der Waals surface area contributed by atoms with Crippen molar-refractivity contribution in [1.82, 2.24) is 5.32 Å². The van der Waals surface area contributed by atoms with Crippen LogP contribution >= 0.6 is 0 Å². The Morgan fingerprint density at radius 1 is 1.53 bits per heavy atom. The minimum Gasteiger partial charge on any atom is -0.409 e. The summed E-state index contributed by atoms with van der Waals surface area (Å²) in [6, 6.07) is 7.67. The molecule has 5 heteroatoms. The second kappa shape index (κ2) is 6.54. The van der Waals surface area contributed by atoms with Crippen LogP contribution in [0.15, 0.2) is 29.4 Å². The van der Waals surface area contributed by atoms with E-state index in [1.165, 1.54) is 0 Å². The van der Waals surface area contributed by atoms with Crippen molar-refractivity contribution in [2.24, 2.45) is 16.8 Å². The van der Waals surface area contributed by atoms with Crippen LogP contribution in [0.25, 0.3) is 0 Å². The summed E-state index contributed by atoms with van der Waals surface area (Å²) < 4.78 is 5.54. The summed E-state index contributed by atoms with van der Waals surface area (Å²) in [5, 5.41) is 15.3. The fourth-order valence-electron chi connectivity index (χ4n) is 2.41. The summed E-state index contributed by atoms with van der Waals surface area (Å²) >= 11 is 0. The molecule has 0 aromatic heterocycles. The van der Waals surface area contributed by atoms with Crippen LogP contribution in [0.5, 0.6) is 0 Å². The van der Waals surface area contributed by atoms with Crippen LogP contribution in [0.2, 0.25) is 0 Å². The Bertz CT molecular complexity index is 448. The lowest BCUT2D eigenvalue weighted by Gasteiger charge is -2.15. The second-order valence-electron chi connectivity index (χ2n) is 4.90. The number of nitrogens with zero attached hydrogens (tertiary/aromatic N) is 1. The summed E-state index contributed by atoms with van der Waals surface area (Å²) in [5.74, 6) is 0.714. The molecule has 2 atom stereocenters. The molecule has 4 N–H and O–H groups in total. The minimum absolute atomic E-state index is 0.148. The predicted octanol–water partition coefficient (Wildman–Crippen LogP) is 1.30. The van der Waals surface area contributed by atoms with E-state index in [0.29, 0.717) is 18.6 Å². The van der Waals surface area contributed by atoms with Gasteiger partial charge in [0.15, 0.2) is 5.84 Å². The first-order chi connectivity index (χ1) is 9.22. The molecule has 5 nitrogen and oxygen atoms in total. The van der Waals surface area contributed by atoms with Crippen molar-refractivity contribution in [3.63, 3.8) is 0 Å². The molecule has 2 rings (SSSR count). The van der Waals surface area contributed by atoms with Gasteiger partial charge in [0, 0.05) is 25.3 Å². The summed E-state index contributed by atoms with van der Waals surface area (Å²) in [4.78, 5) is 0. The van der Waals surface area contributed by atoms with E-state index < -0.39 is 0 Å². The molecule has 1 aliphatic heterocycles. The van der Waals surface area contributed by atoms with E-state index in [1.807, 2.05) is 24.3 Å². The van der Waals surface area contributed by atoms with E-state index in [1.54, 1.807) is 0 Å². The Balaban J connectivity index is 1.92. The zero-order valence-corrected chi connectivity index (χ0v) is 11.2. The third-order valence-electron chi connectivity index (χ3n) is 3.66. The Labute approximate surface area is 113 Å². The number of nitrogens with two attached hydrogens (primary N) is 1. The van der Waals surface area contributed by atoms with Crippen molar-refractivity contribution in [3.05, 3.63) is 35.4 Å². The molecule has 1 aromatic carbocycles. The number of hydrogen-bond acceptors (Lipinski definition) is 4. The van der Waals surface area contributed by atoms with Gasteiger partial charge in [-0.15, -0.1) is 0 Å². The average Bonchev–Trinajstić information content (AvgIpc) is 2.84. The number of amidine groups is 1. The molecule has 0 saturated carbocycles. The summed E-state index contributed by atoms with van der Waals surface area (Å²) in [7, 11) is 0. The lowest BCUT2D eigenvalue weighted by molar-refractivity contribution is 0.105. The largest absolute Gasteiger partial charge is 0.409 e. The quantitative estimate of drug-likeness (QED) is 0.324. The third-order valence-corrected chi connectivity index (χ3v) is 3.66. The number of benzene rings is 1. The van der Waals surface area contributed by atoms with Gasteiger partial charge >= 0.3 is 0 Å². The highest BCUT2D eigenvalue weighted by molar-refractivity contribution is 5.98. The molecule has 2 unspecified atom stereocenters. The molecule has 0 amide bonds. The van der Waals surface area contributed by atoms with Gasteiger partial charge < -0.3 is 21.0 Å². The molecular weight excluding hydrogens is 242 g/mol. The first-order valence-corrected chi connectivity index (χ1v) is 6.60. The Hall–Kier alpha value is -1.59. The smallest absolute Gasteiger partial charge is 0.170 e. The molecule has 1 fully saturated rings. The topological polar surface area (TPSA) is 79.9 Å². The normalized spacial score (nSPS) is 23.7. The molecule has 1 aromatic rings. The monoisotopic (exact) mass is 263 g/mol. The van der Waals surface area contributed by atoms with Gasteiger partial charge in [0.1, 0.15) is 0 Å². The number of hydrogen-bond donors (Lipinski definition) is 3. The van der Waals surface area contributed by atoms with Gasteiger partial charge in [-0.05, 0) is 24.8 Å². The lowest BCUT2D eigenvalue weighted by atomic mass is 10.0. The van der Waals surface area contributed by atoms with Crippen LogP contribution in [-0.4, -0.2) is 30.3 Å². The maximum atomic E-state index is 8.77. The fourth-order valence-corrected chi connectivity index (χ4v) is 2.41. The first kappa shape index (κ1) is 13.8. The third kappa shape index (κ3) is 3.45. The number of oxime groups is 1. The van der Waals surface area contributed by atoms with Crippen molar-refractivity contribution in [3.8, 4) is 0 Å². The van der Waals surface area contributed by atoms with E-state index in [0.717, 1.165) is 30.7 Å². The van der Waals surface area contributed by atoms with E-state index in [4.69, 9.17) is 15.7 Å². The van der Waals surface area contributed by atoms with E-state index in [9.17, 15) is 0 Å². The van der Waals surface area contributed by atoms with Gasteiger partial charge in [-0.2, -0.15) is 0 Å². The summed E-state index contributed by atoms with van der Waals surface area (Å²) in [5.41, 5.74) is 7.47. The maximum absolute atomic E-state index is 8.77. The average molecular weight is 263 g/mol. The van der Waals surface area contributed by atoms with E-state index in [2.05, 4.69) is 17.4 Å². The Kier molecular flexibility index (Phi) is 4.76. The van der Waals surface area contributed by atoms with Crippen molar-refractivity contribution in [2.75, 3.05) is 13.2 Å². The minimum atomic E-state index is 0.148. The SMILES string of the molecule is CC1OCCC1CNCc1ccccc1/C(N)=N/O. The Morgan fingerprint density at radius 2 is 2.32 bits per heavy atom. The number of nitrogens with one attached hydrogen (secondary N) is 1. The molecule has 0 radical (unpaired) electrons. The van der Waals surface area contributed by atoms with Crippen LogP contribution in [0.3, 0.4) is 0 Å². The maximum Gasteiger partial charge on any atom is 0.170 e. The number of ether oxygens (including phenoxy) is 1. The predicted molar refractivity (Wildman–Crippen MR) is 74.2 cm³/mol. The molecule has 0 aliphatic carbocycles. The van der Waals surface area contributed by atoms with Crippen molar-refractivity contribution in [2.45, 2.75) is 26.0 Å². The van der Waals surface area contributed by atoms with Crippen LogP contribution in [-0.2, 0) is 11.3 Å². The van der Waals surface area contributed by atoms with E-state index in [-0.39, 0.29) is 5.84 Å². The van der Waals surface area contributed by atoms with Crippen LogP contribution in [0.1, 0.15) is 24.5 Å². The highest BCUT2D eigenvalue weighted by atomic mass is 16.5. The lowest BCUT2D eigenvalue weighted by Crippen LogP contribution is -2.27. The van der Waals surface area contributed by atoms with Gasteiger partial charge in [0.2, 0.25) is 0 Å². The molecule has 0 bridgehead atoms. The van der Waals surface area contributed by atoms with Gasteiger partial charge in [-0.1, -0.05) is 29.4 Å². The van der Waals surface area contributed by atoms with Crippen LogP contribution < -0.4 is 11.1 Å². The van der Waals surface area contributed by atoms with E-state index >= 15 is 0 Å². The van der Waals surface area contributed by atoms with Crippen molar-refractivity contribution < 1.29 is 9.94 Å². The molecule has 1 saturated heterocycles. The molecule has 19 heavy (non-hydrogen) atoms. The summed E-state index contributed by atoms with van der Waals surface area (Å²) in [6.07, 6.45) is 1.43. The van der Waals surface area contributed by atoms with Crippen LogP contribution in [0.4, 0.5) is 0 Å². The standard InChI is InChI=1S/C14H21N3O2/c1-10-11(6-7-19-10)8-16-9-12-4-2-3-5-13(12)14(15)17-18/h2-5,10-11,16,18H,6-9H2,1H3,(H2,15,17).